The molecule has 2 aliphatic heterocycles. The van der Waals surface area contributed by atoms with Crippen LogP contribution in [0.5, 0.6) is 11.5 Å². The molecule has 1 aromatic carbocycles. The van der Waals surface area contributed by atoms with E-state index in [9.17, 15) is 8.42 Å². The van der Waals surface area contributed by atoms with E-state index in [1.54, 1.807) is 0 Å². The van der Waals surface area contributed by atoms with Crippen LogP contribution in [0.25, 0.3) is 0 Å². The zero-order valence-corrected chi connectivity index (χ0v) is 12.5. The number of halogens is 1. The average Bonchev–Trinajstić information content (AvgIpc) is 2.86. The second-order valence-corrected chi connectivity index (χ2v) is 7.83. The molecule has 0 amide bonds. The van der Waals surface area contributed by atoms with Crippen molar-refractivity contribution in [2.45, 2.75) is 25.4 Å². The number of rotatable bonds is 3. The summed E-state index contributed by atoms with van der Waals surface area (Å²) in [5.41, 5.74) is 1.01. The van der Waals surface area contributed by atoms with Crippen molar-refractivity contribution in [2.24, 2.45) is 0 Å². The Kier molecular flexibility index (Phi) is 3.79. The minimum atomic E-state index is -2.81. The van der Waals surface area contributed by atoms with Crippen LogP contribution in [0.2, 0.25) is 5.02 Å². The summed E-state index contributed by atoms with van der Waals surface area (Å²) in [6.45, 7) is 0.841. The molecule has 1 fully saturated rings. The molecule has 1 saturated heterocycles. The largest absolute Gasteiger partial charge is 0.454 e. The van der Waals surface area contributed by atoms with Gasteiger partial charge in [-0.15, -0.1) is 0 Å². The fourth-order valence-corrected chi connectivity index (χ4v) is 4.26. The molecule has 110 valence electrons. The van der Waals surface area contributed by atoms with Gasteiger partial charge in [-0.25, -0.2) is 8.42 Å². The van der Waals surface area contributed by atoms with E-state index >= 15 is 0 Å². The zero-order valence-electron chi connectivity index (χ0n) is 10.9. The predicted molar refractivity (Wildman–Crippen MR) is 76.1 cm³/mol. The van der Waals surface area contributed by atoms with Crippen LogP contribution in [-0.4, -0.2) is 32.8 Å². The lowest BCUT2D eigenvalue weighted by molar-refractivity contribution is 0.174. The highest BCUT2D eigenvalue weighted by Crippen LogP contribution is 2.39. The summed E-state index contributed by atoms with van der Waals surface area (Å²) in [5.74, 6) is 1.80. The Labute approximate surface area is 123 Å². The Morgan fingerprint density at radius 1 is 1.25 bits per heavy atom. The molecule has 2 heterocycles. The highest BCUT2D eigenvalue weighted by molar-refractivity contribution is 7.91. The van der Waals surface area contributed by atoms with E-state index in [0.717, 1.165) is 5.56 Å². The SMILES string of the molecule is O=S1(=O)CCC(NCc2cc(Cl)c3c(c2)OCO3)CC1. The molecule has 0 spiro atoms. The van der Waals surface area contributed by atoms with E-state index in [2.05, 4.69) is 5.32 Å². The maximum Gasteiger partial charge on any atom is 0.231 e. The number of sulfone groups is 1. The van der Waals surface area contributed by atoms with Crippen molar-refractivity contribution in [2.75, 3.05) is 18.3 Å². The Morgan fingerprint density at radius 2 is 2.00 bits per heavy atom. The molecule has 5 nitrogen and oxygen atoms in total. The molecular weight excluding hydrogens is 302 g/mol. The van der Waals surface area contributed by atoms with E-state index in [1.807, 2.05) is 12.1 Å². The number of benzene rings is 1. The van der Waals surface area contributed by atoms with Gasteiger partial charge in [0.05, 0.1) is 16.5 Å². The summed E-state index contributed by atoms with van der Waals surface area (Å²) in [5, 5.41) is 3.92. The van der Waals surface area contributed by atoms with E-state index in [-0.39, 0.29) is 24.3 Å². The van der Waals surface area contributed by atoms with Crippen molar-refractivity contribution in [1.82, 2.24) is 5.32 Å². The summed E-state index contributed by atoms with van der Waals surface area (Å²) >= 11 is 6.12. The summed E-state index contributed by atoms with van der Waals surface area (Å²) in [7, 11) is -2.81. The van der Waals surface area contributed by atoms with Crippen LogP contribution in [0.15, 0.2) is 12.1 Å². The van der Waals surface area contributed by atoms with Gasteiger partial charge in [-0.05, 0) is 30.5 Å². The third-order valence-electron chi connectivity index (χ3n) is 3.64. The van der Waals surface area contributed by atoms with Gasteiger partial charge in [-0.2, -0.15) is 0 Å². The highest BCUT2D eigenvalue weighted by Gasteiger charge is 2.23. The third-order valence-corrected chi connectivity index (χ3v) is 5.63. The van der Waals surface area contributed by atoms with Crippen LogP contribution >= 0.6 is 11.6 Å². The second kappa shape index (κ2) is 5.42. The first-order valence-corrected chi connectivity index (χ1v) is 8.75. The lowest BCUT2D eigenvalue weighted by atomic mass is 10.1. The van der Waals surface area contributed by atoms with Gasteiger partial charge in [0.25, 0.3) is 0 Å². The lowest BCUT2D eigenvalue weighted by Crippen LogP contribution is -2.37. The predicted octanol–water partition coefficient (Wildman–Crippen LogP) is 1.74. The monoisotopic (exact) mass is 317 g/mol. The molecule has 0 bridgehead atoms. The molecule has 1 N–H and O–H groups in total. The first-order valence-electron chi connectivity index (χ1n) is 6.55. The van der Waals surface area contributed by atoms with Crippen LogP contribution in [0.3, 0.4) is 0 Å². The van der Waals surface area contributed by atoms with Gasteiger partial charge in [0.2, 0.25) is 6.79 Å². The smallest absolute Gasteiger partial charge is 0.231 e. The molecule has 0 radical (unpaired) electrons. The topological polar surface area (TPSA) is 64.6 Å². The Bertz CT molecular complexity index is 603. The lowest BCUT2D eigenvalue weighted by Gasteiger charge is -2.23. The van der Waals surface area contributed by atoms with Gasteiger partial charge >= 0.3 is 0 Å². The van der Waals surface area contributed by atoms with Gasteiger partial charge in [0, 0.05) is 12.6 Å². The summed E-state index contributed by atoms with van der Waals surface area (Å²) in [6, 6.07) is 3.99. The summed E-state index contributed by atoms with van der Waals surface area (Å²) < 4.78 is 33.3. The van der Waals surface area contributed by atoms with Crippen LogP contribution in [0, 0.1) is 0 Å². The van der Waals surface area contributed by atoms with Gasteiger partial charge in [0.1, 0.15) is 9.84 Å². The van der Waals surface area contributed by atoms with E-state index in [1.165, 1.54) is 0 Å². The van der Waals surface area contributed by atoms with Crippen molar-refractivity contribution in [3.8, 4) is 11.5 Å². The minimum Gasteiger partial charge on any atom is -0.454 e. The molecule has 0 aromatic heterocycles. The molecule has 0 aliphatic carbocycles. The highest BCUT2D eigenvalue weighted by atomic mass is 35.5. The molecule has 0 atom stereocenters. The van der Waals surface area contributed by atoms with E-state index in [0.29, 0.717) is 35.9 Å². The summed E-state index contributed by atoms with van der Waals surface area (Å²) in [4.78, 5) is 0. The quantitative estimate of drug-likeness (QED) is 0.920. The third kappa shape index (κ3) is 3.02. The fourth-order valence-electron chi connectivity index (χ4n) is 2.48. The van der Waals surface area contributed by atoms with Gasteiger partial charge in [-0.3, -0.25) is 0 Å². The number of hydrogen-bond donors (Lipinski definition) is 1. The standard InChI is InChI=1S/C13H16ClNO4S/c14-11-5-9(6-12-13(11)19-8-18-12)7-15-10-1-3-20(16,17)4-2-10/h5-6,10,15H,1-4,7-8H2. The molecule has 0 unspecified atom stereocenters. The summed E-state index contributed by atoms with van der Waals surface area (Å²) in [6.07, 6.45) is 1.33. The van der Waals surface area contributed by atoms with Gasteiger partial charge < -0.3 is 14.8 Å². The molecule has 3 rings (SSSR count). The van der Waals surface area contributed by atoms with Gasteiger partial charge in [0.15, 0.2) is 11.5 Å². The minimum absolute atomic E-state index is 0.201. The molecule has 2 aliphatic rings. The molecule has 20 heavy (non-hydrogen) atoms. The maximum absolute atomic E-state index is 11.4. The number of ether oxygens (including phenoxy) is 2. The van der Waals surface area contributed by atoms with Crippen LogP contribution < -0.4 is 14.8 Å². The van der Waals surface area contributed by atoms with Gasteiger partial charge in [-0.1, -0.05) is 11.6 Å². The van der Waals surface area contributed by atoms with E-state index < -0.39 is 9.84 Å². The van der Waals surface area contributed by atoms with Crippen molar-refractivity contribution >= 4 is 21.4 Å². The fraction of sp³-hybridized carbons (Fsp3) is 0.538. The number of hydrogen-bond acceptors (Lipinski definition) is 5. The Hall–Kier alpha value is -0.980. The van der Waals surface area contributed by atoms with Crippen molar-refractivity contribution in [3.63, 3.8) is 0 Å². The normalized spacial score (nSPS) is 21.1. The number of fused-ring (bicyclic) bond motifs is 1. The number of nitrogens with one attached hydrogen (secondary N) is 1. The average molecular weight is 318 g/mol. The first-order chi connectivity index (χ1) is 9.53. The van der Waals surface area contributed by atoms with Crippen LogP contribution in [0.4, 0.5) is 0 Å². The van der Waals surface area contributed by atoms with Crippen molar-refractivity contribution in [1.29, 1.82) is 0 Å². The maximum atomic E-state index is 11.4. The molecule has 0 saturated carbocycles. The Balaban J connectivity index is 1.61. The van der Waals surface area contributed by atoms with Crippen LogP contribution in [0.1, 0.15) is 18.4 Å². The van der Waals surface area contributed by atoms with E-state index in [4.69, 9.17) is 21.1 Å². The van der Waals surface area contributed by atoms with Crippen LogP contribution in [-0.2, 0) is 16.4 Å². The molecule has 1 aromatic rings. The molecular formula is C13H16ClNO4S. The second-order valence-electron chi connectivity index (χ2n) is 5.12. The van der Waals surface area contributed by atoms with Crippen molar-refractivity contribution in [3.05, 3.63) is 22.7 Å². The molecule has 7 heteroatoms. The first kappa shape index (κ1) is 14.0. The Morgan fingerprint density at radius 3 is 2.75 bits per heavy atom. The van der Waals surface area contributed by atoms with Crippen molar-refractivity contribution < 1.29 is 17.9 Å². The zero-order chi connectivity index (χ0) is 14.2.